The molecule has 1 aromatic carbocycles. The molecule has 102 valence electrons. The number of hydrogen-bond donors (Lipinski definition) is 2. The van der Waals surface area contributed by atoms with Crippen molar-refractivity contribution in [2.45, 2.75) is 13.8 Å². The number of phenolic OH excluding ortho intramolecular Hbond substituents is 1. The van der Waals surface area contributed by atoms with E-state index in [1.165, 1.54) is 6.07 Å². The Hall–Kier alpha value is -2.57. The molecule has 1 aromatic rings. The summed E-state index contributed by atoms with van der Waals surface area (Å²) < 4.78 is 4.56. The molecule has 0 atom stereocenters. The van der Waals surface area contributed by atoms with Gasteiger partial charge in [-0.05, 0) is 31.5 Å². The predicted octanol–water partition coefficient (Wildman–Crippen LogP) is 1.79. The standard InChI is InChI=1S/C12H14N2O5/c1-3-19-12(16)10(14(17)18)7-13-9-6-8(2)4-5-11(9)15/h4-7,13,15H,3H2,1-2H3/b10-7+. The highest BCUT2D eigenvalue weighted by Crippen LogP contribution is 2.24. The number of carbonyl (C=O) groups is 1. The monoisotopic (exact) mass is 266 g/mol. The Bertz CT molecular complexity index is 525. The SMILES string of the molecule is CCOC(=O)/C(=C\Nc1cc(C)ccc1O)[N+](=O)[O-]. The number of ether oxygens (including phenoxy) is 1. The van der Waals surface area contributed by atoms with Gasteiger partial charge in [0.2, 0.25) is 0 Å². The number of nitrogens with zero attached hydrogens (tertiary/aromatic N) is 1. The van der Waals surface area contributed by atoms with Crippen LogP contribution in [0.5, 0.6) is 5.75 Å². The van der Waals surface area contributed by atoms with Gasteiger partial charge in [-0.15, -0.1) is 0 Å². The predicted molar refractivity (Wildman–Crippen MR) is 68.2 cm³/mol. The van der Waals surface area contributed by atoms with Gasteiger partial charge in [0, 0.05) is 0 Å². The van der Waals surface area contributed by atoms with E-state index in [9.17, 15) is 20.0 Å². The summed E-state index contributed by atoms with van der Waals surface area (Å²) in [6.45, 7) is 3.39. The number of aromatic hydroxyl groups is 1. The minimum absolute atomic E-state index is 0.0414. The second-order valence-electron chi connectivity index (χ2n) is 3.67. The number of aryl methyl sites for hydroxylation is 1. The zero-order valence-electron chi connectivity index (χ0n) is 10.5. The molecule has 0 heterocycles. The van der Waals surface area contributed by atoms with Crippen molar-refractivity contribution in [2.75, 3.05) is 11.9 Å². The molecule has 7 heteroatoms. The minimum Gasteiger partial charge on any atom is -0.506 e. The number of anilines is 1. The highest BCUT2D eigenvalue weighted by molar-refractivity contribution is 5.86. The average Bonchev–Trinajstić information content (AvgIpc) is 2.33. The molecule has 0 saturated heterocycles. The van der Waals surface area contributed by atoms with Crippen molar-refractivity contribution in [3.63, 3.8) is 0 Å². The maximum atomic E-state index is 11.3. The van der Waals surface area contributed by atoms with Crippen molar-refractivity contribution in [1.82, 2.24) is 0 Å². The van der Waals surface area contributed by atoms with Crippen LogP contribution in [0.1, 0.15) is 12.5 Å². The summed E-state index contributed by atoms with van der Waals surface area (Å²) >= 11 is 0. The van der Waals surface area contributed by atoms with Crippen LogP contribution in [-0.2, 0) is 9.53 Å². The van der Waals surface area contributed by atoms with Crippen molar-refractivity contribution in [1.29, 1.82) is 0 Å². The molecule has 0 aromatic heterocycles. The Labute approximate surface area is 109 Å². The Balaban J connectivity index is 2.95. The first-order chi connectivity index (χ1) is 8.95. The molecule has 0 saturated carbocycles. The Morgan fingerprint density at radius 2 is 2.26 bits per heavy atom. The number of hydrogen-bond acceptors (Lipinski definition) is 6. The lowest BCUT2D eigenvalue weighted by Gasteiger charge is -2.05. The molecular weight excluding hydrogens is 252 g/mol. The van der Waals surface area contributed by atoms with Gasteiger partial charge in [-0.1, -0.05) is 6.07 Å². The summed E-state index contributed by atoms with van der Waals surface area (Å²) in [5, 5.41) is 22.8. The lowest BCUT2D eigenvalue weighted by atomic mass is 10.2. The number of nitro groups is 1. The second-order valence-corrected chi connectivity index (χ2v) is 3.67. The van der Waals surface area contributed by atoms with Gasteiger partial charge in [0.25, 0.3) is 0 Å². The molecule has 0 aliphatic rings. The van der Waals surface area contributed by atoms with Crippen LogP contribution in [0, 0.1) is 17.0 Å². The zero-order valence-corrected chi connectivity index (χ0v) is 10.5. The quantitative estimate of drug-likeness (QED) is 0.277. The van der Waals surface area contributed by atoms with Crippen LogP contribution in [-0.4, -0.2) is 22.6 Å². The zero-order chi connectivity index (χ0) is 14.4. The Kier molecular flexibility index (Phi) is 4.87. The van der Waals surface area contributed by atoms with E-state index in [0.717, 1.165) is 11.8 Å². The van der Waals surface area contributed by atoms with Gasteiger partial charge < -0.3 is 15.2 Å². The fourth-order valence-electron chi connectivity index (χ4n) is 1.30. The number of rotatable bonds is 5. The molecule has 0 unspecified atom stereocenters. The third kappa shape index (κ3) is 3.98. The van der Waals surface area contributed by atoms with Gasteiger partial charge >= 0.3 is 11.7 Å². The molecular formula is C12H14N2O5. The van der Waals surface area contributed by atoms with E-state index in [2.05, 4.69) is 10.1 Å². The lowest BCUT2D eigenvalue weighted by molar-refractivity contribution is -0.421. The molecule has 0 radical (unpaired) electrons. The van der Waals surface area contributed by atoms with Gasteiger partial charge in [0.1, 0.15) is 5.75 Å². The van der Waals surface area contributed by atoms with Crippen LogP contribution in [0.25, 0.3) is 0 Å². The Morgan fingerprint density at radius 3 is 2.84 bits per heavy atom. The molecule has 0 spiro atoms. The highest BCUT2D eigenvalue weighted by atomic mass is 16.6. The maximum absolute atomic E-state index is 11.3. The second kappa shape index (κ2) is 6.39. The summed E-state index contributed by atoms with van der Waals surface area (Å²) in [4.78, 5) is 21.2. The first kappa shape index (κ1) is 14.5. The van der Waals surface area contributed by atoms with Crippen LogP contribution in [0.3, 0.4) is 0 Å². The van der Waals surface area contributed by atoms with Crippen molar-refractivity contribution in [3.8, 4) is 5.75 Å². The van der Waals surface area contributed by atoms with Crippen molar-refractivity contribution in [2.24, 2.45) is 0 Å². The van der Waals surface area contributed by atoms with E-state index in [4.69, 9.17) is 0 Å². The maximum Gasteiger partial charge on any atom is 0.411 e. The van der Waals surface area contributed by atoms with Crippen molar-refractivity contribution < 1.29 is 19.6 Å². The van der Waals surface area contributed by atoms with E-state index in [-0.39, 0.29) is 18.0 Å². The summed E-state index contributed by atoms with van der Waals surface area (Å²) in [5.74, 6) is -1.11. The van der Waals surface area contributed by atoms with Gasteiger partial charge in [-0.3, -0.25) is 10.1 Å². The molecule has 1 rings (SSSR count). The summed E-state index contributed by atoms with van der Waals surface area (Å²) in [5.41, 5.74) is 0.388. The Morgan fingerprint density at radius 1 is 1.58 bits per heavy atom. The molecule has 0 fully saturated rings. The van der Waals surface area contributed by atoms with E-state index in [1.807, 2.05) is 0 Å². The van der Waals surface area contributed by atoms with Gasteiger partial charge in [-0.2, -0.15) is 0 Å². The third-order valence-corrected chi connectivity index (χ3v) is 2.20. The first-order valence-corrected chi connectivity index (χ1v) is 5.53. The molecule has 0 aliphatic heterocycles. The smallest absolute Gasteiger partial charge is 0.411 e. The molecule has 2 N–H and O–H groups in total. The summed E-state index contributed by atoms with van der Waals surface area (Å²) in [6.07, 6.45) is 0.895. The molecule has 19 heavy (non-hydrogen) atoms. The van der Waals surface area contributed by atoms with Crippen LogP contribution < -0.4 is 5.32 Å². The third-order valence-electron chi connectivity index (χ3n) is 2.20. The largest absolute Gasteiger partial charge is 0.506 e. The van der Waals surface area contributed by atoms with E-state index >= 15 is 0 Å². The number of benzene rings is 1. The highest BCUT2D eigenvalue weighted by Gasteiger charge is 2.23. The van der Waals surface area contributed by atoms with Crippen molar-refractivity contribution in [3.05, 3.63) is 45.8 Å². The molecule has 0 amide bonds. The summed E-state index contributed by atoms with van der Waals surface area (Å²) in [7, 11) is 0. The number of esters is 1. The fourth-order valence-corrected chi connectivity index (χ4v) is 1.30. The van der Waals surface area contributed by atoms with Crippen LogP contribution in [0.2, 0.25) is 0 Å². The van der Waals surface area contributed by atoms with E-state index in [0.29, 0.717) is 0 Å². The van der Waals surface area contributed by atoms with Crippen LogP contribution in [0.4, 0.5) is 5.69 Å². The molecule has 7 nitrogen and oxygen atoms in total. The van der Waals surface area contributed by atoms with Gasteiger partial charge in [0.05, 0.1) is 23.4 Å². The first-order valence-electron chi connectivity index (χ1n) is 5.53. The topological polar surface area (TPSA) is 102 Å². The van der Waals surface area contributed by atoms with Gasteiger partial charge in [0.15, 0.2) is 0 Å². The van der Waals surface area contributed by atoms with E-state index < -0.39 is 16.6 Å². The minimum atomic E-state index is -1.04. The number of nitrogens with one attached hydrogen (secondary N) is 1. The average molecular weight is 266 g/mol. The van der Waals surface area contributed by atoms with Gasteiger partial charge in [-0.25, -0.2) is 4.79 Å². The van der Waals surface area contributed by atoms with E-state index in [1.54, 1.807) is 26.0 Å². The van der Waals surface area contributed by atoms with Crippen LogP contribution >= 0.6 is 0 Å². The fraction of sp³-hybridized carbons (Fsp3) is 0.250. The molecule has 0 aliphatic carbocycles. The number of phenols is 1. The van der Waals surface area contributed by atoms with Crippen LogP contribution in [0.15, 0.2) is 30.1 Å². The lowest BCUT2D eigenvalue weighted by Crippen LogP contribution is -2.16. The summed E-state index contributed by atoms with van der Waals surface area (Å²) in [6, 6.07) is 4.72. The normalized spacial score (nSPS) is 10.9. The van der Waals surface area contributed by atoms with Crippen molar-refractivity contribution >= 4 is 11.7 Å². The molecule has 0 bridgehead atoms. The number of carbonyl (C=O) groups excluding carboxylic acids is 1.